The minimum absolute atomic E-state index is 0.0225. The van der Waals surface area contributed by atoms with Crippen LogP contribution in [0.15, 0.2) is 0 Å². The Balaban J connectivity index is 2.70. The average Bonchev–Trinajstić information content (AvgIpc) is 2.67. The average molecular weight is 216 g/mol. The number of hydrogen-bond donors (Lipinski definition) is 0. The molecule has 1 unspecified atom stereocenters. The molecule has 1 aliphatic heterocycles. The zero-order valence-corrected chi connectivity index (χ0v) is 9.65. The molecule has 0 N–H and O–H groups in total. The Morgan fingerprint density at radius 3 is 2.50 bits per heavy atom. The molecule has 1 saturated heterocycles. The van der Waals surface area contributed by atoms with Crippen molar-refractivity contribution in [3.8, 4) is 0 Å². The number of esters is 1. The van der Waals surface area contributed by atoms with E-state index in [1.165, 1.54) is 7.11 Å². The molecule has 1 aliphatic rings. The van der Waals surface area contributed by atoms with E-state index in [4.69, 9.17) is 0 Å². The van der Waals surface area contributed by atoms with Gasteiger partial charge in [-0.1, -0.05) is 0 Å². The molecule has 3 nitrogen and oxygen atoms in total. The van der Waals surface area contributed by atoms with E-state index < -0.39 is 11.4 Å². The predicted molar refractivity (Wildman–Crippen MR) is 56.2 cm³/mol. The molecule has 80 valence electrons. The molecule has 0 bridgehead atoms. The maximum absolute atomic E-state index is 12.0. The third-order valence-electron chi connectivity index (χ3n) is 2.61. The van der Waals surface area contributed by atoms with Crippen molar-refractivity contribution in [3.05, 3.63) is 0 Å². The summed E-state index contributed by atoms with van der Waals surface area (Å²) >= 11 is 1.77. The highest BCUT2D eigenvalue weighted by Crippen LogP contribution is 2.31. The highest BCUT2D eigenvalue weighted by Gasteiger charge is 2.41. The summed E-state index contributed by atoms with van der Waals surface area (Å²) in [5.41, 5.74) is -0.982. The zero-order chi connectivity index (χ0) is 10.8. The fraction of sp³-hybridized carbons (Fsp3) is 0.800. The predicted octanol–water partition coefficient (Wildman–Crippen LogP) is 1.51. The number of rotatable bonds is 3. The van der Waals surface area contributed by atoms with Gasteiger partial charge in [-0.2, -0.15) is 11.8 Å². The molecule has 1 rings (SSSR count). The van der Waals surface area contributed by atoms with E-state index in [2.05, 4.69) is 4.74 Å². The third-order valence-corrected chi connectivity index (χ3v) is 3.77. The van der Waals surface area contributed by atoms with Crippen LogP contribution in [0, 0.1) is 11.3 Å². The summed E-state index contributed by atoms with van der Waals surface area (Å²) in [6.45, 7) is 3.29. The van der Waals surface area contributed by atoms with Gasteiger partial charge in [0.1, 0.15) is 5.41 Å². The van der Waals surface area contributed by atoms with Crippen molar-refractivity contribution in [2.24, 2.45) is 11.3 Å². The Labute approximate surface area is 88.6 Å². The van der Waals surface area contributed by atoms with Gasteiger partial charge >= 0.3 is 5.97 Å². The molecule has 0 spiro atoms. The van der Waals surface area contributed by atoms with Crippen molar-refractivity contribution >= 4 is 23.5 Å². The van der Waals surface area contributed by atoms with Gasteiger partial charge in [0.25, 0.3) is 0 Å². The number of thioether (sulfide) groups is 1. The molecular weight excluding hydrogens is 200 g/mol. The molecule has 0 aliphatic carbocycles. The van der Waals surface area contributed by atoms with Crippen LogP contribution >= 0.6 is 11.8 Å². The van der Waals surface area contributed by atoms with Gasteiger partial charge in [0.15, 0.2) is 5.78 Å². The van der Waals surface area contributed by atoms with Crippen molar-refractivity contribution in [1.29, 1.82) is 0 Å². The first-order chi connectivity index (χ1) is 6.50. The second-order valence-electron chi connectivity index (χ2n) is 4.04. The smallest absolute Gasteiger partial charge is 0.318 e. The summed E-state index contributed by atoms with van der Waals surface area (Å²) in [5.74, 6) is 1.50. The van der Waals surface area contributed by atoms with Crippen LogP contribution < -0.4 is 0 Å². The monoisotopic (exact) mass is 216 g/mol. The number of carbonyl (C=O) groups is 2. The van der Waals surface area contributed by atoms with E-state index in [0.717, 1.165) is 17.9 Å². The van der Waals surface area contributed by atoms with Crippen molar-refractivity contribution in [3.63, 3.8) is 0 Å². The zero-order valence-electron chi connectivity index (χ0n) is 8.83. The number of methoxy groups -OCH3 is 1. The van der Waals surface area contributed by atoms with E-state index in [-0.39, 0.29) is 11.7 Å². The van der Waals surface area contributed by atoms with Crippen LogP contribution in [-0.2, 0) is 14.3 Å². The number of Topliss-reactive ketones (excluding diaryl/α,β-unsaturated/α-hetero) is 1. The molecule has 4 heteroatoms. The fourth-order valence-electron chi connectivity index (χ4n) is 1.61. The molecule has 14 heavy (non-hydrogen) atoms. The Hall–Kier alpha value is -0.510. The van der Waals surface area contributed by atoms with Gasteiger partial charge in [-0.3, -0.25) is 9.59 Å². The van der Waals surface area contributed by atoms with Crippen LogP contribution in [0.5, 0.6) is 0 Å². The molecule has 0 radical (unpaired) electrons. The van der Waals surface area contributed by atoms with Crippen molar-refractivity contribution < 1.29 is 14.3 Å². The molecule has 0 amide bonds. The SMILES string of the molecule is COC(=O)C(C)(C)C(=O)C1CCSC1. The third kappa shape index (κ3) is 2.11. The van der Waals surface area contributed by atoms with Crippen LogP contribution in [0.25, 0.3) is 0 Å². The van der Waals surface area contributed by atoms with Crippen LogP contribution in [0.3, 0.4) is 0 Å². The lowest BCUT2D eigenvalue weighted by Crippen LogP contribution is -2.38. The molecule has 0 saturated carbocycles. The van der Waals surface area contributed by atoms with Gasteiger partial charge < -0.3 is 4.74 Å². The van der Waals surface area contributed by atoms with Crippen molar-refractivity contribution in [1.82, 2.24) is 0 Å². The number of hydrogen-bond acceptors (Lipinski definition) is 4. The number of carbonyl (C=O) groups excluding carboxylic acids is 2. The summed E-state index contributed by atoms with van der Waals surface area (Å²) in [5, 5.41) is 0. The summed E-state index contributed by atoms with van der Waals surface area (Å²) in [6, 6.07) is 0. The molecule has 0 aromatic carbocycles. The first-order valence-corrected chi connectivity index (χ1v) is 5.86. The fourth-order valence-corrected chi connectivity index (χ4v) is 2.83. The Morgan fingerprint density at radius 1 is 1.43 bits per heavy atom. The van der Waals surface area contributed by atoms with Gasteiger partial charge in [-0.25, -0.2) is 0 Å². The van der Waals surface area contributed by atoms with Crippen LogP contribution in [-0.4, -0.2) is 30.4 Å². The van der Waals surface area contributed by atoms with Gasteiger partial charge in [0.2, 0.25) is 0 Å². The lowest BCUT2D eigenvalue weighted by atomic mass is 9.81. The second-order valence-corrected chi connectivity index (χ2v) is 5.19. The maximum atomic E-state index is 12.0. The van der Waals surface area contributed by atoms with E-state index >= 15 is 0 Å². The van der Waals surface area contributed by atoms with Gasteiger partial charge in [0.05, 0.1) is 7.11 Å². The summed E-state index contributed by atoms with van der Waals surface area (Å²) in [4.78, 5) is 23.3. The van der Waals surface area contributed by atoms with Crippen molar-refractivity contribution in [2.45, 2.75) is 20.3 Å². The Kier molecular flexibility index (Phi) is 3.59. The molecule has 1 heterocycles. The summed E-state index contributed by atoms with van der Waals surface area (Å²) in [7, 11) is 1.32. The highest BCUT2D eigenvalue weighted by atomic mass is 32.2. The van der Waals surface area contributed by atoms with Gasteiger partial charge in [0, 0.05) is 11.7 Å². The lowest BCUT2D eigenvalue weighted by molar-refractivity contribution is -0.156. The second kappa shape index (κ2) is 4.34. The molecule has 1 fully saturated rings. The number of ether oxygens (including phenoxy) is 1. The molecule has 1 atom stereocenters. The summed E-state index contributed by atoms with van der Waals surface area (Å²) in [6.07, 6.45) is 0.893. The van der Waals surface area contributed by atoms with Crippen LogP contribution in [0.1, 0.15) is 20.3 Å². The van der Waals surface area contributed by atoms with Crippen molar-refractivity contribution in [2.75, 3.05) is 18.6 Å². The minimum Gasteiger partial charge on any atom is -0.468 e. The van der Waals surface area contributed by atoms with Crippen LogP contribution in [0.4, 0.5) is 0 Å². The Morgan fingerprint density at radius 2 is 2.07 bits per heavy atom. The van der Waals surface area contributed by atoms with Gasteiger partial charge in [-0.05, 0) is 26.0 Å². The standard InChI is InChI=1S/C10H16O3S/c1-10(2,9(12)13-3)8(11)7-4-5-14-6-7/h7H,4-6H2,1-3H3. The van der Waals surface area contributed by atoms with Crippen LogP contribution in [0.2, 0.25) is 0 Å². The Bertz CT molecular complexity index is 242. The lowest BCUT2D eigenvalue weighted by Gasteiger charge is -2.22. The molecule has 0 aromatic rings. The quantitative estimate of drug-likeness (QED) is 0.530. The normalized spacial score (nSPS) is 22.1. The maximum Gasteiger partial charge on any atom is 0.318 e. The minimum atomic E-state index is -0.982. The topological polar surface area (TPSA) is 43.4 Å². The molecule has 0 aromatic heterocycles. The van der Waals surface area contributed by atoms with Gasteiger partial charge in [-0.15, -0.1) is 0 Å². The molecular formula is C10H16O3S. The van der Waals surface area contributed by atoms with E-state index in [9.17, 15) is 9.59 Å². The number of ketones is 1. The van der Waals surface area contributed by atoms with E-state index in [1.54, 1.807) is 25.6 Å². The first kappa shape index (κ1) is 11.6. The first-order valence-electron chi connectivity index (χ1n) is 4.70. The largest absolute Gasteiger partial charge is 0.468 e. The summed E-state index contributed by atoms with van der Waals surface area (Å²) < 4.78 is 4.63. The van der Waals surface area contributed by atoms with E-state index in [0.29, 0.717) is 0 Å². The highest BCUT2D eigenvalue weighted by molar-refractivity contribution is 7.99. The van der Waals surface area contributed by atoms with E-state index in [1.807, 2.05) is 0 Å².